The molecular weight excluding hydrogens is 524 g/mol. The van der Waals surface area contributed by atoms with Gasteiger partial charge in [-0.1, -0.05) is 18.2 Å². The molecule has 2 nitrogen and oxygen atoms in total. The van der Waals surface area contributed by atoms with E-state index in [2.05, 4.69) is 101 Å². The summed E-state index contributed by atoms with van der Waals surface area (Å²) in [5.41, 5.74) is 1.15. The van der Waals surface area contributed by atoms with E-state index in [1.165, 1.54) is 23.7 Å². The molecular formula is C32H36Fe2N2+4. The molecule has 186 valence electrons. The first-order chi connectivity index (χ1) is 16.6. The second kappa shape index (κ2) is 19.1. The van der Waals surface area contributed by atoms with E-state index in [1.807, 2.05) is 70.3 Å². The van der Waals surface area contributed by atoms with Crippen LogP contribution < -0.4 is 5.32 Å². The maximum atomic E-state index is 3.61. The Morgan fingerprint density at radius 2 is 0.972 bits per heavy atom. The minimum absolute atomic E-state index is 0. The number of nitrogens with zero attached hydrogens (tertiary/aromatic N) is 1. The van der Waals surface area contributed by atoms with Gasteiger partial charge in [0, 0.05) is 29.6 Å². The van der Waals surface area contributed by atoms with Gasteiger partial charge in [-0.15, -0.1) is 0 Å². The fourth-order valence-electron chi connectivity index (χ4n) is 3.88. The molecule has 4 heteroatoms. The molecule has 0 aliphatic heterocycles. The Kier molecular flexibility index (Phi) is 18.1. The van der Waals surface area contributed by atoms with Gasteiger partial charge in [-0.3, -0.25) is 0 Å². The third-order valence-corrected chi connectivity index (χ3v) is 5.95. The largest absolute Gasteiger partial charge is 2.00 e. The van der Waals surface area contributed by atoms with Crippen LogP contribution in [0.4, 0.5) is 5.69 Å². The number of nitrogens with one attached hydrogen (secondary N) is 1. The van der Waals surface area contributed by atoms with Gasteiger partial charge in [0.2, 0.25) is 0 Å². The summed E-state index contributed by atoms with van der Waals surface area (Å²) in [5, 5.41) is 3.61. The first-order valence-corrected chi connectivity index (χ1v) is 11.9. The number of hydrogen-bond donors (Lipinski definition) is 1. The van der Waals surface area contributed by atoms with Gasteiger partial charge in [0.05, 0.1) is 0 Å². The summed E-state index contributed by atoms with van der Waals surface area (Å²) in [7, 11) is 4.26. The number of hydrogen-bond acceptors (Lipinski definition) is 2. The van der Waals surface area contributed by atoms with Crippen molar-refractivity contribution >= 4 is 5.69 Å². The Balaban J connectivity index is 0.000000448. The molecule has 4 aliphatic carbocycles. The first kappa shape index (κ1) is 34.0. The van der Waals surface area contributed by atoms with E-state index in [4.69, 9.17) is 0 Å². The molecule has 4 fully saturated rings. The van der Waals surface area contributed by atoms with Crippen molar-refractivity contribution in [2.24, 2.45) is 0 Å². The molecule has 4 saturated carbocycles. The number of rotatable bonds is 6. The summed E-state index contributed by atoms with van der Waals surface area (Å²) < 4.78 is 0. The van der Waals surface area contributed by atoms with E-state index in [9.17, 15) is 0 Å². The maximum Gasteiger partial charge on any atom is 2.00 e. The Bertz CT molecular complexity index is 620. The fourth-order valence-corrected chi connectivity index (χ4v) is 3.88. The molecule has 0 amide bonds. The molecule has 0 heterocycles. The van der Waals surface area contributed by atoms with Crippen LogP contribution in [0.1, 0.15) is 13.8 Å². The van der Waals surface area contributed by atoms with Crippen LogP contribution in [0.15, 0.2) is 30.3 Å². The number of para-hydroxylation sites is 1. The van der Waals surface area contributed by atoms with Gasteiger partial charge in [0.25, 0.3) is 0 Å². The zero-order chi connectivity index (χ0) is 24.2. The molecule has 0 spiro atoms. The molecule has 1 unspecified atom stereocenters. The summed E-state index contributed by atoms with van der Waals surface area (Å²) >= 11 is 0. The summed E-state index contributed by atoms with van der Waals surface area (Å²) in [6.45, 7) is 4.48. The zero-order valence-corrected chi connectivity index (χ0v) is 23.6. The molecule has 0 aromatic heterocycles. The average molecular weight is 560 g/mol. The third-order valence-electron chi connectivity index (χ3n) is 5.95. The van der Waals surface area contributed by atoms with Crippen LogP contribution in [0.3, 0.4) is 0 Å². The standard InChI is InChI=1S/C22H26N2.2C5H5.2Fe/c1-16(23-18-10-6-5-7-11-18)19-12-8-14-21(19)22-15-9-13-20(22)17(2)24(3)4;2*1-2-4-5-3-1;;/h5-17,23H,1-4H3;2*1-5H;;/q;;;2*+2/t16?,17-;;;;/m0..../s1. The van der Waals surface area contributed by atoms with Crippen LogP contribution in [0.5, 0.6) is 0 Å². The van der Waals surface area contributed by atoms with Crippen LogP contribution >= 0.6 is 0 Å². The van der Waals surface area contributed by atoms with Crippen LogP contribution in [0.2, 0.25) is 0 Å². The van der Waals surface area contributed by atoms with Crippen LogP contribution in [0, 0.1) is 126 Å². The number of benzene rings is 1. The van der Waals surface area contributed by atoms with Gasteiger partial charge < -0.3 is 10.2 Å². The van der Waals surface area contributed by atoms with E-state index in [1.54, 1.807) is 0 Å². The van der Waals surface area contributed by atoms with Crippen molar-refractivity contribution in [1.82, 2.24) is 4.90 Å². The summed E-state index contributed by atoms with van der Waals surface area (Å²) in [6, 6.07) is 11.1. The molecule has 4 aliphatic rings. The van der Waals surface area contributed by atoms with E-state index in [-0.39, 0.29) is 40.2 Å². The third kappa shape index (κ3) is 11.0. The van der Waals surface area contributed by atoms with Crippen molar-refractivity contribution in [3.8, 4) is 0 Å². The smallest absolute Gasteiger partial charge is 0.382 e. The normalized spacial score (nSPS) is 22.6. The fraction of sp³-hybridized carbons (Fsp3) is 0.188. The second-order valence-corrected chi connectivity index (χ2v) is 8.59. The van der Waals surface area contributed by atoms with Gasteiger partial charge in [-0.05, 0) is 155 Å². The zero-order valence-electron chi connectivity index (χ0n) is 21.4. The van der Waals surface area contributed by atoms with E-state index >= 15 is 0 Å². The quantitative estimate of drug-likeness (QED) is 0.428. The van der Waals surface area contributed by atoms with E-state index in [0.29, 0.717) is 6.04 Å². The Morgan fingerprint density at radius 1 is 0.556 bits per heavy atom. The van der Waals surface area contributed by atoms with Crippen molar-refractivity contribution in [1.29, 1.82) is 0 Å². The van der Waals surface area contributed by atoms with Crippen LogP contribution in [-0.2, 0) is 34.1 Å². The predicted molar refractivity (Wildman–Crippen MR) is 144 cm³/mol. The SMILES string of the molecule is CC(Nc1ccccc1)[C]1[CH][CH][CH][C]1[C]1[CH][CH][CH][C]1[C@H](C)N(C)C.[CH]1[CH][CH][CH][CH]1.[CH]1[CH][CH][CH][CH]1.[Fe+2].[Fe+2]. The minimum Gasteiger partial charge on any atom is -0.382 e. The minimum atomic E-state index is 0. The van der Waals surface area contributed by atoms with E-state index < -0.39 is 0 Å². The van der Waals surface area contributed by atoms with Crippen molar-refractivity contribution in [2.45, 2.75) is 25.9 Å². The summed E-state index contributed by atoms with van der Waals surface area (Å²) in [4.78, 5) is 2.26. The summed E-state index contributed by atoms with van der Waals surface area (Å²) in [5.74, 6) is 5.41. The van der Waals surface area contributed by atoms with Gasteiger partial charge in [-0.2, -0.15) is 0 Å². The molecule has 2 atom stereocenters. The molecule has 1 aromatic carbocycles. The molecule has 5 rings (SSSR count). The molecule has 0 saturated heterocycles. The summed E-state index contributed by atoms with van der Waals surface area (Å²) in [6.07, 6.45) is 33.3. The predicted octanol–water partition coefficient (Wildman–Crippen LogP) is 6.03. The van der Waals surface area contributed by atoms with Crippen LogP contribution in [-0.4, -0.2) is 31.1 Å². The molecule has 36 heavy (non-hydrogen) atoms. The monoisotopic (exact) mass is 560 g/mol. The van der Waals surface area contributed by atoms with Crippen molar-refractivity contribution in [2.75, 3.05) is 19.4 Å². The van der Waals surface area contributed by atoms with Crippen molar-refractivity contribution in [3.05, 3.63) is 157 Å². The Hall–Kier alpha value is 0.0190. The topological polar surface area (TPSA) is 15.3 Å². The molecule has 1 aromatic rings. The van der Waals surface area contributed by atoms with Gasteiger partial charge in [0.1, 0.15) is 0 Å². The van der Waals surface area contributed by atoms with Gasteiger partial charge in [0.15, 0.2) is 0 Å². The molecule has 1 N–H and O–H groups in total. The van der Waals surface area contributed by atoms with Gasteiger partial charge >= 0.3 is 34.1 Å². The van der Waals surface area contributed by atoms with Crippen molar-refractivity contribution < 1.29 is 34.1 Å². The van der Waals surface area contributed by atoms with Gasteiger partial charge in [-0.25, -0.2) is 0 Å². The average Bonchev–Trinajstić information content (AvgIpc) is 3.68. The maximum absolute atomic E-state index is 3.61. The Morgan fingerprint density at radius 3 is 1.42 bits per heavy atom. The number of anilines is 1. The van der Waals surface area contributed by atoms with E-state index in [0.717, 1.165) is 5.69 Å². The first-order valence-electron chi connectivity index (χ1n) is 11.9. The second-order valence-electron chi connectivity index (χ2n) is 8.59. The molecule has 0 bridgehead atoms. The molecule has 20 radical (unpaired) electrons. The Labute approximate surface area is 245 Å². The van der Waals surface area contributed by atoms with Crippen molar-refractivity contribution in [3.63, 3.8) is 0 Å². The van der Waals surface area contributed by atoms with Crippen LogP contribution in [0.25, 0.3) is 0 Å².